The minimum absolute atomic E-state index is 0.0464. The highest BCUT2D eigenvalue weighted by Gasteiger charge is 2.30. The minimum atomic E-state index is -5.16. The van der Waals surface area contributed by atoms with Gasteiger partial charge in [0.2, 0.25) is 0 Å². The Bertz CT molecular complexity index is 1280. The van der Waals surface area contributed by atoms with Crippen LogP contribution >= 0.6 is 0 Å². The predicted octanol–water partition coefficient (Wildman–Crippen LogP) is 6.14. The van der Waals surface area contributed by atoms with E-state index in [1.54, 1.807) is 36.4 Å². The second-order valence-corrected chi connectivity index (χ2v) is 5.53. The topological polar surface area (TPSA) is 12.0 Å². The van der Waals surface area contributed by atoms with Gasteiger partial charge in [0, 0.05) is 12.9 Å². The maximum absolute atomic E-state index is 13.4. The molecule has 1 atom stereocenters. The number of hydrogen-bond acceptors (Lipinski definition) is 1. The normalized spacial score (nSPS) is 20.9. The van der Waals surface area contributed by atoms with Gasteiger partial charge in [0.15, 0.2) is 0 Å². The standard InChI is InChI=1S/C22H22F3N/c1-16(20-13-5-10-18-9-2-3-12-21(18)20)26-14-6-8-17-7-4-11-19(15-17)22(23,24)25/h2-5,7,9-13,15-16,26H,6,8,14H2,1H3/t16-/m1/s1/i1D3,4D,6D2,7D,11D,15D,16D. The third-order valence-corrected chi connectivity index (χ3v) is 3.71. The molecule has 0 aliphatic heterocycles. The molecule has 0 aliphatic rings. The Morgan fingerprint density at radius 2 is 2.00 bits per heavy atom. The zero-order valence-electron chi connectivity index (χ0n) is 23.6. The molecule has 0 unspecified atom stereocenters. The number of fused-ring (bicyclic) bond motifs is 1. The van der Waals surface area contributed by atoms with Gasteiger partial charge in [0.25, 0.3) is 0 Å². The zero-order valence-corrected chi connectivity index (χ0v) is 13.6. The lowest BCUT2D eigenvalue weighted by Crippen LogP contribution is -2.20. The molecule has 0 bridgehead atoms. The van der Waals surface area contributed by atoms with E-state index in [2.05, 4.69) is 5.32 Å². The SMILES string of the molecule is [2H]c1c([2H])c(CC([2H])([2H])CN[C@@]([2H])(c2cccc3ccccc23)C([2H])([2H])[2H])c([2H])c(C(F)(F)F)c1[2H]. The van der Waals surface area contributed by atoms with Gasteiger partial charge in [-0.3, -0.25) is 0 Å². The quantitative estimate of drug-likeness (QED) is 0.552. The van der Waals surface area contributed by atoms with Crippen LogP contribution in [0.5, 0.6) is 0 Å². The molecule has 1 N–H and O–H groups in total. The third-order valence-electron chi connectivity index (χ3n) is 3.71. The highest BCUT2D eigenvalue weighted by Crippen LogP contribution is 2.29. The Morgan fingerprint density at radius 3 is 2.81 bits per heavy atom. The summed E-state index contributed by atoms with van der Waals surface area (Å²) in [4.78, 5) is 0. The smallest absolute Gasteiger partial charge is 0.310 e. The molecule has 0 aliphatic carbocycles. The van der Waals surface area contributed by atoms with Crippen molar-refractivity contribution in [2.24, 2.45) is 0 Å². The number of hydrogen-bond donors (Lipinski definition) is 1. The second kappa shape index (κ2) is 7.92. The molecule has 3 aromatic rings. The van der Waals surface area contributed by atoms with E-state index >= 15 is 0 Å². The fourth-order valence-electron chi connectivity index (χ4n) is 2.49. The van der Waals surface area contributed by atoms with Gasteiger partial charge in [-0.15, -0.1) is 0 Å². The number of benzene rings is 3. The lowest BCUT2D eigenvalue weighted by molar-refractivity contribution is -0.137. The van der Waals surface area contributed by atoms with E-state index < -0.39 is 73.7 Å². The highest BCUT2D eigenvalue weighted by atomic mass is 19.4. The molecule has 0 fully saturated rings. The molecule has 3 rings (SSSR count). The van der Waals surface area contributed by atoms with E-state index in [9.17, 15) is 13.2 Å². The average Bonchev–Trinajstić information content (AvgIpc) is 2.77. The molecule has 0 radical (unpaired) electrons. The van der Waals surface area contributed by atoms with Crippen LogP contribution in [0, 0.1) is 0 Å². The fourth-order valence-corrected chi connectivity index (χ4v) is 2.49. The van der Waals surface area contributed by atoms with Gasteiger partial charge in [-0.05, 0) is 54.1 Å². The van der Waals surface area contributed by atoms with Crippen LogP contribution in [0.3, 0.4) is 0 Å². The molecule has 1 nitrogen and oxygen atoms in total. The molecule has 26 heavy (non-hydrogen) atoms. The molecule has 0 saturated carbocycles. The predicted molar refractivity (Wildman–Crippen MR) is 100 cm³/mol. The minimum Gasteiger partial charge on any atom is -0.310 e. The molecular weight excluding hydrogens is 335 g/mol. The molecule has 136 valence electrons. The first-order valence-corrected chi connectivity index (χ1v) is 7.80. The molecule has 0 spiro atoms. The van der Waals surface area contributed by atoms with Crippen molar-refractivity contribution in [3.05, 3.63) is 83.3 Å². The first-order chi connectivity index (χ1) is 16.4. The average molecular weight is 367 g/mol. The first kappa shape index (κ1) is 9.56. The third kappa shape index (κ3) is 4.44. The lowest BCUT2D eigenvalue weighted by Gasteiger charge is -2.17. The van der Waals surface area contributed by atoms with Crippen LogP contribution in [0.4, 0.5) is 13.2 Å². The summed E-state index contributed by atoms with van der Waals surface area (Å²) in [5.41, 5.74) is -2.43. The van der Waals surface area contributed by atoms with E-state index in [0.717, 1.165) is 0 Å². The Kier molecular flexibility index (Phi) is 2.91. The summed E-state index contributed by atoms with van der Waals surface area (Å²) in [5.74, 6) is 0. The van der Waals surface area contributed by atoms with Gasteiger partial charge in [0.05, 0.1) is 12.4 Å². The summed E-state index contributed by atoms with van der Waals surface area (Å²) in [5, 5.41) is 3.51. The van der Waals surface area contributed by atoms with E-state index in [4.69, 9.17) is 13.7 Å². The van der Waals surface area contributed by atoms with Gasteiger partial charge in [-0.1, -0.05) is 60.6 Å². The maximum Gasteiger partial charge on any atom is 0.416 e. The van der Waals surface area contributed by atoms with Crippen LogP contribution in [0.25, 0.3) is 10.8 Å². The number of halogens is 3. The summed E-state index contributed by atoms with van der Waals surface area (Å²) < 4.78 is 121. The van der Waals surface area contributed by atoms with Gasteiger partial charge >= 0.3 is 6.18 Å². The largest absolute Gasteiger partial charge is 0.416 e. The van der Waals surface area contributed by atoms with Crippen molar-refractivity contribution in [3.8, 4) is 0 Å². The van der Waals surface area contributed by atoms with Crippen molar-refractivity contribution in [2.45, 2.75) is 31.8 Å². The molecule has 0 aromatic heterocycles. The Morgan fingerprint density at radius 1 is 1.19 bits per heavy atom. The van der Waals surface area contributed by atoms with Crippen LogP contribution in [0.15, 0.2) is 66.6 Å². The number of rotatable bonds is 6. The Labute approximate surface area is 165 Å². The summed E-state index contributed by atoms with van der Waals surface area (Å²) in [7, 11) is 0. The van der Waals surface area contributed by atoms with Crippen LogP contribution in [0.1, 0.15) is 49.6 Å². The number of alkyl halides is 3. The van der Waals surface area contributed by atoms with E-state index in [1.807, 2.05) is 0 Å². The maximum atomic E-state index is 13.4. The fraction of sp³-hybridized carbons (Fsp3) is 0.273. The summed E-state index contributed by atoms with van der Waals surface area (Å²) in [6, 6.07) is 4.31. The monoisotopic (exact) mass is 367 g/mol. The van der Waals surface area contributed by atoms with E-state index in [0.29, 0.717) is 10.8 Å². The molecule has 0 heterocycles. The molecule has 4 heteroatoms. The van der Waals surface area contributed by atoms with Crippen LogP contribution < -0.4 is 5.32 Å². The molecule has 3 aromatic carbocycles. The summed E-state index contributed by atoms with van der Waals surface area (Å²) >= 11 is 0. The van der Waals surface area contributed by atoms with Gasteiger partial charge in [-0.25, -0.2) is 0 Å². The molecule has 0 saturated heterocycles. The highest BCUT2D eigenvalue weighted by molar-refractivity contribution is 5.86. The summed E-state index contributed by atoms with van der Waals surface area (Å²) in [6.45, 7) is -3.81. The van der Waals surface area contributed by atoms with Gasteiger partial charge < -0.3 is 5.32 Å². The van der Waals surface area contributed by atoms with Crippen molar-refractivity contribution in [3.63, 3.8) is 0 Å². The van der Waals surface area contributed by atoms with Crippen molar-refractivity contribution >= 4 is 10.8 Å². The van der Waals surface area contributed by atoms with Crippen LogP contribution in [-0.2, 0) is 12.6 Å². The summed E-state index contributed by atoms with van der Waals surface area (Å²) in [6.07, 6.45) is -8.63. The van der Waals surface area contributed by atoms with Crippen molar-refractivity contribution in [2.75, 3.05) is 6.54 Å². The zero-order chi connectivity index (χ0) is 27.3. The van der Waals surface area contributed by atoms with Crippen molar-refractivity contribution < 1.29 is 26.9 Å². The first-order valence-electron chi connectivity index (χ1n) is 12.8. The van der Waals surface area contributed by atoms with Crippen molar-refractivity contribution in [1.82, 2.24) is 5.32 Å². The Hall–Kier alpha value is -2.33. The van der Waals surface area contributed by atoms with E-state index in [1.165, 1.54) is 6.07 Å². The van der Waals surface area contributed by atoms with E-state index in [-0.39, 0.29) is 5.56 Å². The van der Waals surface area contributed by atoms with Crippen LogP contribution in [-0.4, -0.2) is 6.54 Å². The molecular formula is C22H22F3N. The lowest BCUT2D eigenvalue weighted by atomic mass is 9.99. The van der Waals surface area contributed by atoms with Crippen molar-refractivity contribution in [1.29, 1.82) is 0 Å². The van der Waals surface area contributed by atoms with Crippen LogP contribution in [0.2, 0.25) is 0 Å². The van der Waals surface area contributed by atoms with Gasteiger partial charge in [-0.2, -0.15) is 13.2 Å². The van der Waals surface area contributed by atoms with Gasteiger partial charge in [0.1, 0.15) is 0 Å². The molecule has 0 amide bonds. The second-order valence-electron chi connectivity index (χ2n) is 5.53. The number of nitrogens with one attached hydrogen (secondary N) is 1. The Balaban J connectivity index is 2.01.